The summed E-state index contributed by atoms with van der Waals surface area (Å²) in [7, 11) is 0. The van der Waals surface area contributed by atoms with Crippen LogP contribution in [0.3, 0.4) is 0 Å². The summed E-state index contributed by atoms with van der Waals surface area (Å²) in [5.74, 6) is -4.03. The van der Waals surface area contributed by atoms with Crippen molar-refractivity contribution in [3.05, 3.63) is 105 Å². The first-order chi connectivity index (χ1) is 34.6. The van der Waals surface area contributed by atoms with Crippen molar-refractivity contribution in [2.24, 2.45) is 5.41 Å². The Balaban J connectivity index is 1.68. The van der Waals surface area contributed by atoms with Crippen molar-refractivity contribution in [3.63, 3.8) is 0 Å². The lowest BCUT2D eigenvalue weighted by molar-refractivity contribution is -0.390. The molecule has 2 fully saturated rings. The average Bonchev–Trinajstić information content (AvgIpc) is 3.36. The summed E-state index contributed by atoms with van der Waals surface area (Å²) < 4.78 is 42.4. The third kappa shape index (κ3) is 13.9. The van der Waals surface area contributed by atoms with Gasteiger partial charge in [-0.15, -0.1) is 0 Å². The lowest BCUT2D eigenvalue weighted by atomic mass is 9.74. The minimum atomic E-state index is -2.24. The molecule has 2 aliphatic heterocycles. The monoisotopic (exact) mass is 1150 g/mol. The van der Waals surface area contributed by atoms with Gasteiger partial charge in [-0.1, -0.05) is 34.6 Å². The predicted octanol–water partition coefficient (Wildman–Crippen LogP) is 7.87. The van der Waals surface area contributed by atoms with Gasteiger partial charge in [-0.25, -0.2) is 14.4 Å². The van der Waals surface area contributed by atoms with Gasteiger partial charge in [-0.2, -0.15) is 0 Å². The van der Waals surface area contributed by atoms with E-state index >= 15 is 0 Å². The van der Waals surface area contributed by atoms with Crippen molar-refractivity contribution in [2.75, 3.05) is 0 Å². The molecule has 3 N–H and O–H groups in total. The summed E-state index contributed by atoms with van der Waals surface area (Å²) in [5, 5.41) is 29.0. The Morgan fingerprint density at radius 1 is 0.446 bits per heavy atom. The second kappa shape index (κ2) is 25.1. The number of carbonyl (C=O) groups excluding carboxylic acids is 9. The van der Waals surface area contributed by atoms with Crippen LogP contribution in [-0.2, 0) is 33.2 Å². The molecule has 25 heteroatoms. The third-order valence-electron chi connectivity index (χ3n) is 13.1. The highest BCUT2D eigenvalue weighted by Crippen LogP contribution is 2.43. The van der Waals surface area contributed by atoms with E-state index in [-0.39, 0.29) is 35.1 Å². The molecule has 2 saturated heterocycles. The van der Waals surface area contributed by atoms with E-state index in [2.05, 4.69) is 0 Å². The van der Waals surface area contributed by atoms with Gasteiger partial charge in [0.1, 0.15) is 24.4 Å². The maximum atomic E-state index is 14.4. The number of ether oxygens (including phenoxy) is 7. The number of rotatable bonds is 21. The normalized spacial score (nSPS) is 24.0. The largest absolute Gasteiger partial charge is 0.452 e. The van der Waals surface area contributed by atoms with Crippen LogP contribution in [0.1, 0.15) is 160 Å². The SMILES string of the molecule is CCC(C)(CC)OC1C(OC(=O)c2cc(C(=O)Cl)cc(C(=O)Cl)c2)OC(OC2C(O)OC(C(C)(CC)CC)C(OC(=O)c3cc(C(=O)Cl)cc(C(=O)Cl)c3)C2OC(=O)c2cc(C(=O)Cl)cc(C(=O)Cl)c2)C(O)C1O. The zero-order valence-corrected chi connectivity index (χ0v) is 44.5. The number of halogens is 6. The molecule has 3 aromatic rings. The number of aliphatic hydroxyl groups is 3. The molecule has 0 aromatic heterocycles. The van der Waals surface area contributed by atoms with Gasteiger partial charge in [-0.3, -0.25) is 28.8 Å². The predicted molar refractivity (Wildman–Crippen MR) is 263 cm³/mol. The fourth-order valence-corrected chi connectivity index (χ4v) is 8.62. The van der Waals surface area contributed by atoms with Gasteiger partial charge in [0.25, 0.3) is 31.5 Å². The van der Waals surface area contributed by atoms with Crippen molar-refractivity contribution in [2.45, 2.75) is 134 Å². The molecule has 0 amide bonds. The van der Waals surface area contributed by atoms with E-state index in [1.165, 1.54) is 0 Å². The molecular weight excluding hydrogens is 1110 g/mol. The van der Waals surface area contributed by atoms with Gasteiger partial charge in [0.15, 0.2) is 30.9 Å². The molecular formula is C49H48Cl6O19. The van der Waals surface area contributed by atoms with Gasteiger partial charge in [0, 0.05) is 33.4 Å². The van der Waals surface area contributed by atoms with Crippen LogP contribution < -0.4 is 0 Å². The molecule has 400 valence electrons. The smallest absolute Gasteiger partial charge is 0.340 e. The number of aliphatic hydroxyl groups excluding tert-OH is 3. The number of hydrogen-bond donors (Lipinski definition) is 3. The summed E-state index contributed by atoms with van der Waals surface area (Å²) in [6, 6.07) is 8.75. The number of esters is 3. The van der Waals surface area contributed by atoms with Gasteiger partial charge in [0.05, 0.1) is 22.3 Å². The van der Waals surface area contributed by atoms with Crippen molar-refractivity contribution >= 4 is 119 Å². The number of benzene rings is 3. The summed E-state index contributed by atoms with van der Waals surface area (Å²) >= 11 is 34.3. The summed E-state index contributed by atoms with van der Waals surface area (Å²) in [6.45, 7) is 10.3. The van der Waals surface area contributed by atoms with Crippen LogP contribution in [0.25, 0.3) is 0 Å². The highest BCUT2D eigenvalue weighted by molar-refractivity contribution is 6.70. The molecule has 2 aliphatic rings. The summed E-state index contributed by atoms with van der Waals surface area (Å²) in [4.78, 5) is 116. The third-order valence-corrected chi connectivity index (χ3v) is 14.4. The van der Waals surface area contributed by atoms with E-state index < -0.39 is 150 Å². The first-order valence-corrected chi connectivity index (χ1v) is 24.8. The summed E-state index contributed by atoms with van der Waals surface area (Å²) in [5.41, 5.74) is -5.87. The van der Waals surface area contributed by atoms with Crippen LogP contribution in [0.5, 0.6) is 0 Å². The Hall–Kier alpha value is -4.45. The zero-order chi connectivity index (χ0) is 55.3. The molecule has 10 unspecified atom stereocenters. The second-order valence-electron chi connectivity index (χ2n) is 17.7. The Labute approximate surface area is 452 Å². The van der Waals surface area contributed by atoms with Gasteiger partial charge in [-0.05, 0) is 162 Å². The van der Waals surface area contributed by atoms with Crippen molar-refractivity contribution < 1.29 is 91.6 Å². The molecule has 0 aliphatic carbocycles. The lowest BCUT2D eigenvalue weighted by Gasteiger charge is -2.51. The molecule has 2 heterocycles. The van der Waals surface area contributed by atoms with E-state index in [0.717, 1.165) is 54.6 Å². The molecule has 0 spiro atoms. The van der Waals surface area contributed by atoms with E-state index in [1.54, 1.807) is 41.5 Å². The van der Waals surface area contributed by atoms with E-state index in [1.807, 2.05) is 0 Å². The fraction of sp³-hybridized carbons (Fsp3) is 0.449. The maximum absolute atomic E-state index is 14.4. The molecule has 74 heavy (non-hydrogen) atoms. The van der Waals surface area contributed by atoms with Crippen LogP contribution >= 0.6 is 69.6 Å². The van der Waals surface area contributed by atoms with Crippen LogP contribution in [0, 0.1) is 5.41 Å². The maximum Gasteiger partial charge on any atom is 0.340 e. The van der Waals surface area contributed by atoms with Crippen LogP contribution in [0.2, 0.25) is 0 Å². The molecule has 3 aromatic carbocycles. The Morgan fingerprint density at radius 3 is 1.12 bits per heavy atom. The number of hydrogen-bond acceptors (Lipinski definition) is 19. The topological polar surface area (TPSA) is 279 Å². The Morgan fingerprint density at radius 2 is 0.784 bits per heavy atom. The molecule has 19 nitrogen and oxygen atoms in total. The Kier molecular flexibility index (Phi) is 20.5. The van der Waals surface area contributed by atoms with E-state index in [0.29, 0.717) is 12.8 Å². The molecule has 5 rings (SSSR count). The van der Waals surface area contributed by atoms with Crippen LogP contribution in [0.15, 0.2) is 54.6 Å². The van der Waals surface area contributed by atoms with Gasteiger partial charge >= 0.3 is 17.9 Å². The van der Waals surface area contributed by atoms with Crippen LogP contribution in [0.4, 0.5) is 0 Å². The highest BCUT2D eigenvalue weighted by atomic mass is 35.5. The summed E-state index contributed by atoms with van der Waals surface area (Å²) in [6.07, 6.45) is -19.2. The minimum Gasteiger partial charge on any atom is -0.452 e. The van der Waals surface area contributed by atoms with E-state index in [9.17, 15) is 58.5 Å². The van der Waals surface area contributed by atoms with Gasteiger partial charge < -0.3 is 48.5 Å². The average molecular weight is 1150 g/mol. The quantitative estimate of drug-likeness (QED) is 0.0520. The van der Waals surface area contributed by atoms with Crippen molar-refractivity contribution in [1.82, 2.24) is 0 Å². The second-order valence-corrected chi connectivity index (χ2v) is 19.7. The minimum absolute atomic E-state index is 0.228. The fourth-order valence-electron chi connectivity index (χ4n) is 7.96. The first-order valence-electron chi connectivity index (χ1n) is 22.6. The molecule has 10 atom stereocenters. The first kappa shape index (κ1) is 60.4. The van der Waals surface area contributed by atoms with Crippen LogP contribution in [-0.4, -0.2) is 132 Å². The van der Waals surface area contributed by atoms with Crippen molar-refractivity contribution in [1.29, 1.82) is 0 Å². The molecule has 0 radical (unpaired) electrons. The lowest BCUT2D eigenvalue weighted by Crippen LogP contribution is -2.67. The standard InChI is InChI=1S/C49H48Cl6O19/c1-7-48(5,8-2)35-33(69-43(65)27-16-22(38(52)60)12-23(17-27)39(53)61)32(68-42(64)26-14-20(36(50)58)11-21(15-26)37(51)59)34(45(67)71-35)70-46-30(57)29(56)31(74-49(6,9-3)10-4)47(73-46)72-44(66)28-18-24(40(54)62)13-25(19-28)41(55)63/h11-19,29-35,45-47,56-57,67H,7-10H2,1-6H3. The zero-order valence-electron chi connectivity index (χ0n) is 39.9. The Bertz CT molecular complexity index is 2610. The highest BCUT2D eigenvalue weighted by Gasteiger charge is 2.58. The molecule has 0 saturated carbocycles. The molecule has 0 bridgehead atoms. The van der Waals surface area contributed by atoms with E-state index in [4.69, 9.17) is 103 Å². The van der Waals surface area contributed by atoms with Gasteiger partial charge in [0.2, 0.25) is 6.29 Å². The van der Waals surface area contributed by atoms with Crippen molar-refractivity contribution in [3.8, 4) is 0 Å². The number of carbonyl (C=O) groups is 9.